The molecule has 2 aromatic heterocycles. The maximum atomic E-state index is 5.99. The average molecular weight is 331 g/mol. The Labute approximate surface area is 142 Å². The summed E-state index contributed by atoms with van der Waals surface area (Å²) in [6.07, 6.45) is 10.1. The van der Waals surface area contributed by atoms with E-state index < -0.39 is 0 Å². The Balaban J connectivity index is 1.31. The summed E-state index contributed by atoms with van der Waals surface area (Å²) in [5.74, 6) is 2.55. The van der Waals surface area contributed by atoms with Crippen molar-refractivity contribution in [2.24, 2.45) is 5.92 Å². The molecular formula is C18H25N3O3. The van der Waals surface area contributed by atoms with Crippen LogP contribution in [-0.4, -0.2) is 40.9 Å². The minimum atomic E-state index is 0.342. The molecule has 0 spiro atoms. The van der Waals surface area contributed by atoms with E-state index in [0.717, 1.165) is 25.6 Å². The van der Waals surface area contributed by atoms with E-state index in [-0.39, 0.29) is 0 Å². The summed E-state index contributed by atoms with van der Waals surface area (Å²) in [7, 11) is 0. The third-order valence-electron chi connectivity index (χ3n) is 5.10. The second-order valence-electron chi connectivity index (χ2n) is 6.95. The molecule has 1 aliphatic heterocycles. The van der Waals surface area contributed by atoms with Crippen LogP contribution in [0.15, 0.2) is 27.2 Å². The molecule has 1 atom stereocenters. The molecule has 2 aliphatic rings. The van der Waals surface area contributed by atoms with Crippen LogP contribution in [-0.2, 0) is 11.3 Å². The van der Waals surface area contributed by atoms with E-state index in [9.17, 15) is 0 Å². The van der Waals surface area contributed by atoms with Crippen molar-refractivity contribution in [1.82, 2.24) is 15.1 Å². The van der Waals surface area contributed by atoms with E-state index in [1.807, 2.05) is 12.1 Å². The first-order chi connectivity index (χ1) is 11.9. The lowest BCUT2D eigenvalue weighted by Crippen LogP contribution is -2.42. The number of morpholine rings is 1. The Morgan fingerprint density at radius 1 is 1.17 bits per heavy atom. The molecule has 6 heteroatoms. The third-order valence-corrected chi connectivity index (χ3v) is 5.10. The SMILES string of the molecule is c1coc(-c2nnc(CN3CCO[C@H](CC4CCCCC4)C3)o2)c1. The lowest BCUT2D eigenvalue weighted by Gasteiger charge is -2.34. The molecule has 4 rings (SSSR count). The lowest BCUT2D eigenvalue weighted by molar-refractivity contribution is -0.0458. The number of nitrogens with zero attached hydrogens (tertiary/aromatic N) is 3. The molecule has 1 aliphatic carbocycles. The van der Waals surface area contributed by atoms with Crippen molar-refractivity contribution in [2.75, 3.05) is 19.7 Å². The van der Waals surface area contributed by atoms with Crippen LogP contribution in [0.25, 0.3) is 11.7 Å². The van der Waals surface area contributed by atoms with Gasteiger partial charge in [-0.05, 0) is 24.5 Å². The van der Waals surface area contributed by atoms with E-state index in [1.165, 1.54) is 38.5 Å². The van der Waals surface area contributed by atoms with Crippen LogP contribution in [0.4, 0.5) is 0 Å². The highest BCUT2D eigenvalue weighted by atomic mass is 16.5. The van der Waals surface area contributed by atoms with Gasteiger partial charge in [-0.2, -0.15) is 0 Å². The van der Waals surface area contributed by atoms with Crippen molar-refractivity contribution in [3.05, 3.63) is 24.3 Å². The topological polar surface area (TPSA) is 64.5 Å². The van der Waals surface area contributed by atoms with Crippen molar-refractivity contribution < 1.29 is 13.6 Å². The smallest absolute Gasteiger partial charge is 0.283 e. The number of hydrogen-bond acceptors (Lipinski definition) is 6. The van der Waals surface area contributed by atoms with E-state index in [2.05, 4.69) is 15.1 Å². The Morgan fingerprint density at radius 3 is 2.92 bits per heavy atom. The normalized spacial score (nSPS) is 23.6. The van der Waals surface area contributed by atoms with Crippen LogP contribution in [0.5, 0.6) is 0 Å². The van der Waals surface area contributed by atoms with Crippen LogP contribution >= 0.6 is 0 Å². The summed E-state index contributed by atoms with van der Waals surface area (Å²) in [5.41, 5.74) is 0. The van der Waals surface area contributed by atoms with E-state index >= 15 is 0 Å². The predicted molar refractivity (Wildman–Crippen MR) is 88.2 cm³/mol. The van der Waals surface area contributed by atoms with Crippen molar-refractivity contribution in [3.63, 3.8) is 0 Å². The van der Waals surface area contributed by atoms with Crippen molar-refractivity contribution in [3.8, 4) is 11.7 Å². The van der Waals surface area contributed by atoms with Crippen LogP contribution in [0.2, 0.25) is 0 Å². The summed E-state index contributed by atoms with van der Waals surface area (Å²) in [6, 6.07) is 3.64. The van der Waals surface area contributed by atoms with Crippen molar-refractivity contribution >= 4 is 0 Å². The van der Waals surface area contributed by atoms with E-state index in [4.69, 9.17) is 13.6 Å². The molecule has 24 heavy (non-hydrogen) atoms. The van der Waals surface area contributed by atoms with Crippen LogP contribution in [0.3, 0.4) is 0 Å². The van der Waals surface area contributed by atoms with Gasteiger partial charge in [0.2, 0.25) is 5.89 Å². The summed E-state index contributed by atoms with van der Waals surface area (Å²) in [6.45, 7) is 3.34. The summed E-state index contributed by atoms with van der Waals surface area (Å²) in [5, 5.41) is 8.22. The molecule has 0 amide bonds. The van der Waals surface area contributed by atoms with Crippen LogP contribution in [0.1, 0.15) is 44.4 Å². The Hall–Kier alpha value is -1.66. The van der Waals surface area contributed by atoms with Crippen molar-refractivity contribution in [2.45, 2.75) is 51.2 Å². The number of rotatable bonds is 5. The number of ether oxygens (including phenoxy) is 1. The molecule has 130 valence electrons. The molecule has 2 aromatic rings. The minimum absolute atomic E-state index is 0.342. The van der Waals surface area contributed by atoms with Gasteiger partial charge in [0.15, 0.2) is 5.76 Å². The molecule has 3 heterocycles. The molecule has 6 nitrogen and oxygen atoms in total. The summed E-state index contributed by atoms with van der Waals surface area (Å²) in [4.78, 5) is 2.36. The first-order valence-corrected chi connectivity index (χ1v) is 9.07. The maximum Gasteiger partial charge on any atom is 0.283 e. The monoisotopic (exact) mass is 331 g/mol. The highest BCUT2D eigenvalue weighted by Gasteiger charge is 2.26. The molecule has 2 fully saturated rings. The van der Waals surface area contributed by atoms with Gasteiger partial charge in [0.05, 0.1) is 25.5 Å². The van der Waals surface area contributed by atoms with Gasteiger partial charge in [-0.3, -0.25) is 4.90 Å². The second kappa shape index (κ2) is 7.49. The fourth-order valence-electron chi connectivity index (χ4n) is 3.87. The zero-order valence-corrected chi connectivity index (χ0v) is 14.0. The number of hydrogen-bond donors (Lipinski definition) is 0. The number of aromatic nitrogens is 2. The minimum Gasteiger partial charge on any atom is -0.459 e. The van der Waals surface area contributed by atoms with E-state index in [1.54, 1.807) is 6.26 Å². The maximum absolute atomic E-state index is 5.99. The zero-order chi connectivity index (χ0) is 16.2. The fraction of sp³-hybridized carbons (Fsp3) is 0.667. The quantitative estimate of drug-likeness (QED) is 0.835. The molecule has 1 saturated carbocycles. The second-order valence-corrected chi connectivity index (χ2v) is 6.95. The Morgan fingerprint density at radius 2 is 2.08 bits per heavy atom. The lowest BCUT2D eigenvalue weighted by atomic mass is 9.85. The van der Waals surface area contributed by atoms with Gasteiger partial charge in [-0.1, -0.05) is 32.1 Å². The third kappa shape index (κ3) is 3.87. The highest BCUT2D eigenvalue weighted by molar-refractivity contribution is 5.42. The Kier molecular flexibility index (Phi) is 4.94. The summed E-state index contributed by atoms with van der Waals surface area (Å²) < 4.78 is 17.0. The van der Waals surface area contributed by atoms with Gasteiger partial charge < -0.3 is 13.6 Å². The van der Waals surface area contributed by atoms with E-state index in [0.29, 0.717) is 30.2 Å². The largest absolute Gasteiger partial charge is 0.459 e. The first kappa shape index (κ1) is 15.8. The molecular weight excluding hydrogens is 306 g/mol. The van der Waals surface area contributed by atoms with Crippen molar-refractivity contribution in [1.29, 1.82) is 0 Å². The van der Waals surface area contributed by atoms with Gasteiger partial charge in [0.25, 0.3) is 5.89 Å². The molecule has 1 saturated heterocycles. The molecule has 0 radical (unpaired) electrons. The summed E-state index contributed by atoms with van der Waals surface area (Å²) >= 11 is 0. The zero-order valence-electron chi connectivity index (χ0n) is 14.0. The fourth-order valence-corrected chi connectivity index (χ4v) is 3.87. The van der Waals surface area contributed by atoms with Gasteiger partial charge >= 0.3 is 0 Å². The van der Waals surface area contributed by atoms with Crippen LogP contribution in [0, 0.1) is 5.92 Å². The van der Waals surface area contributed by atoms with Gasteiger partial charge in [-0.25, -0.2) is 0 Å². The van der Waals surface area contributed by atoms with Crippen LogP contribution < -0.4 is 0 Å². The standard InChI is InChI=1S/C18H25N3O3/c1-2-5-14(6-3-1)11-15-12-21(8-10-22-15)13-17-19-20-18(24-17)16-7-4-9-23-16/h4,7,9,14-15H,1-3,5-6,8,10-13H2/t15-/m1/s1. The van der Waals surface area contributed by atoms with Gasteiger partial charge in [-0.15, -0.1) is 10.2 Å². The molecule has 0 bridgehead atoms. The highest BCUT2D eigenvalue weighted by Crippen LogP contribution is 2.29. The van der Waals surface area contributed by atoms with Gasteiger partial charge in [0, 0.05) is 13.1 Å². The number of furan rings is 1. The molecule has 0 N–H and O–H groups in total. The molecule has 0 unspecified atom stereocenters. The molecule has 0 aromatic carbocycles. The average Bonchev–Trinajstić information content (AvgIpc) is 3.27. The first-order valence-electron chi connectivity index (χ1n) is 9.07. The predicted octanol–water partition coefficient (Wildman–Crippen LogP) is 3.50. The Bertz CT molecular complexity index is 619. The van der Waals surface area contributed by atoms with Gasteiger partial charge in [0.1, 0.15) is 0 Å².